The van der Waals surface area contributed by atoms with Gasteiger partial charge in [0.1, 0.15) is 5.82 Å². The van der Waals surface area contributed by atoms with Crippen LogP contribution in [-0.4, -0.2) is 26.8 Å². The molecule has 1 atom stereocenters. The van der Waals surface area contributed by atoms with Gasteiger partial charge in [-0.05, 0) is 66.0 Å². The van der Waals surface area contributed by atoms with Crippen LogP contribution in [0.2, 0.25) is 0 Å². The minimum atomic E-state index is -3.88. The molecule has 0 saturated heterocycles. The van der Waals surface area contributed by atoms with Gasteiger partial charge in [0.25, 0.3) is 0 Å². The maximum absolute atomic E-state index is 13.2. The number of nitrogens with two attached hydrogens (primary N) is 2. The Kier molecular flexibility index (Phi) is 6.50. The molecule has 33 heavy (non-hydrogen) atoms. The van der Waals surface area contributed by atoms with Crippen molar-refractivity contribution >= 4 is 54.7 Å². The monoisotopic (exact) mass is 551 g/mol. The van der Waals surface area contributed by atoms with E-state index in [0.717, 1.165) is 9.35 Å². The summed E-state index contributed by atoms with van der Waals surface area (Å²) in [6, 6.07) is 7.73. The summed E-state index contributed by atoms with van der Waals surface area (Å²) >= 11 is 4.88. The van der Waals surface area contributed by atoms with E-state index in [1.54, 1.807) is 24.0 Å². The van der Waals surface area contributed by atoms with Crippen molar-refractivity contribution in [3.63, 3.8) is 0 Å². The average molecular weight is 552 g/mol. The summed E-state index contributed by atoms with van der Waals surface area (Å²) in [5.41, 5.74) is 8.54. The lowest BCUT2D eigenvalue weighted by molar-refractivity contribution is -0.138. The molecule has 0 bridgehead atoms. The van der Waals surface area contributed by atoms with Crippen LogP contribution in [0.5, 0.6) is 0 Å². The van der Waals surface area contributed by atoms with Crippen LogP contribution in [0.3, 0.4) is 0 Å². The van der Waals surface area contributed by atoms with Crippen molar-refractivity contribution in [1.29, 1.82) is 0 Å². The largest absolute Gasteiger partial charge is 0.463 e. The van der Waals surface area contributed by atoms with Crippen molar-refractivity contribution in [3.05, 3.63) is 67.7 Å². The fraction of sp³-hybridized carbons (Fsp3) is 0.273. The highest BCUT2D eigenvalue weighted by Gasteiger charge is 2.43. The molecular formula is C22H22BrN3O5S2. The highest BCUT2D eigenvalue weighted by atomic mass is 79.9. The molecule has 1 aromatic heterocycles. The summed E-state index contributed by atoms with van der Waals surface area (Å²) in [4.78, 5) is 28.7. The molecule has 1 aliphatic carbocycles. The van der Waals surface area contributed by atoms with E-state index in [0.29, 0.717) is 36.2 Å². The number of hydrogen-bond donors (Lipinski definition) is 2. The average Bonchev–Trinajstić information content (AvgIpc) is 3.18. The second-order valence-corrected chi connectivity index (χ2v) is 11.1. The van der Waals surface area contributed by atoms with Gasteiger partial charge in [-0.25, -0.2) is 18.4 Å². The number of primary sulfonamides is 1. The summed E-state index contributed by atoms with van der Waals surface area (Å²) in [7, 11) is -3.88. The van der Waals surface area contributed by atoms with Crippen molar-refractivity contribution in [1.82, 2.24) is 0 Å². The quantitative estimate of drug-likeness (QED) is 0.543. The van der Waals surface area contributed by atoms with Gasteiger partial charge in [0.15, 0.2) is 5.78 Å². The van der Waals surface area contributed by atoms with Crippen LogP contribution >= 0.6 is 27.3 Å². The second kappa shape index (κ2) is 9.05. The van der Waals surface area contributed by atoms with Crippen LogP contribution in [0.15, 0.2) is 67.7 Å². The Morgan fingerprint density at radius 1 is 1.27 bits per heavy atom. The van der Waals surface area contributed by atoms with Crippen LogP contribution in [0.4, 0.5) is 5.69 Å². The molecule has 0 radical (unpaired) electrons. The molecule has 0 saturated carbocycles. The zero-order chi connectivity index (χ0) is 23.9. The number of ketones is 1. The Hall–Kier alpha value is -2.47. The minimum Gasteiger partial charge on any atom is -0.463 e. The molecule has 2 aliphatic rings. The minimum absolute atomic E-state index is 0.0494. The van der Waals surface area contributed by atoms with Crippen molar-refractivity contribution in [2.24, 2.45) is 10.9 Å². The van der Waals surface area contributed by atoms with Gasteiger partial charge in [0.2, 0.25) is 10.0 Å². The SMILES string of the molecule is CCOC(=O)C1=C(N)N(c2ccc(S(N)(=O)=O)cc2)C2=C(C(=O)CCC2)[C@@H]1c1cc(Br)cs1. The lowest BCUT2D eigenvalue weighted by Gasteiger charge is -2.40. The molecule has 1 aromatic carbocycles. The number of thiophene rings is 1. The Labute approximate surface area is 204 Å². The molecule has 11 heteroatoms. The van der Waals surface area contributed by atoms with E-state index in [2.05, 4.69) is 15.9 Å². The lowest BCUT2D eigenvalue weighted by Crippen LogP contribution is -2.40. The number of Topliss-reactive ketones (excluding diaryl/α,β-unsaturated/α-hetero) is 1. The Balaban J connectivity index is 1.95. The molecule has 0 unspecified atom stereocenters. The number of carbonyl (C=O) groups is 2. The second-order valence-electron chi connectivity index (χ2n) is 7.63. The number of carbonyl (C=O) groups excluding carboxylic acids is 2. The topological polar surface area (TPSA) is 133 Å². The van der Waals surface area contributed by atoms with Crippen molar-refractivity contribution in [3.8, 4) is 0 Å². The number of allylic oxidation sites excluding steroid dienone is 2. The number of nitrogens with zero attached hydrogens (tertiary/aromatic N) is 1. The van der Waals surface area contributed by atoms with E-state index in [-0.39, 0.29) is 28.7 Å². The lowest BCUT2D eigenvalue weighted by atomic mass is 9.77. The van der Waals surface area contributed by atoms with Gasteiger partial charge in [-0.1, -0.05) is 0 Å². The van der Waals surface area contributed by atoms with E-state index >= 15 is 0 Å². The van der Waals surface area contributed by atoms with Crippen LogP contribution < -0.4 is 15.8 Å². The first-order chi connectivity index (χ1) is 15.6. The molecule has 4 N–H and O–H groups in total. The fourth-order valence-corrected chi connectivity index (χ4v) is 6.32. The Morgan fingerprint density at radius 2 is 1.97 bits per heavy atom. The van der Waals surface area contributed by atoms with E-state index in [9.17, 15) is 18.0 Å². The summed E-state index contributed by atoms with van der Waals surface area (Å²) < 4.78 is 29.5. The van der Waals surface area contributed by atoms with Gasteiger partial charge < -0.3 is 10.5 Å². The van der Waals surface area contributed by atoms with Crippen molar-refractivity contribution in [2.75, 3.05) is 11.5 Å². The summed E-state index contributed by atoms with van der Waals surface area (Å²) in [6.07, 6.45) is 1.60. The smallest absolute Gasteiger partial charge is 0.338 e. The summed E-state index contributed by atoms with van der Waals surface area (Å²) in [5.74, 6) is -1.13. The van der Waals surface area contributed by atoms with E-state index in [4.69, 9.17) is 15.6 Å². The van der Waals surface area contributed by atoms with E-state index < -0.39 is 21.9 Å². The maximum Gasteiger partial charge on any atom is 0.338 e. The fourth-order valence-electron chi connectivity index (χ4n) is 4.24. The Morgan fingerprint density at radius 3 is 2.55 bits per heavy atom. The number of rotatable bonds is 5. The predicted octanol–water partition coefficient (Wildman–Crippen LogP) is 3.50. The number of hydrogen-bond acceptors (Lipinski definition) is 8. The first kappa shape index (κ1) is 23.7. The van der Waals surface area contributed by atoms with Gasteiger partial charge in [0.05, 0.1) is 23.0 Å². The summed E-state index contributed by atoms with van der Waals surface area (Å²) in [5, 5.41) is 7.11. The number of esters is 1. The summed E-state index contributed by atoms with van der Waals surface area (Å²) in [6.45, 7) is 1.85. The molecule has 2 heterocycles. The van der Waals surface area contributed by atoms with E-state index in [1.165, 1.54) is 23.5 Å². The number of sulfonamides is 1. The Bertz CT molecular complexity index is 1300. The molecule has 0 fully saturated rings. The molecule has 0 spiro atoms. The molecule has 174 valence electrons. The molecule has 1 aliphatic heterocycles. The third-order valence-corrected chi connectivity index (χ3v) is 8.27. The first-order valence-electron chi connectivity index (χ1n) is 10.2. The molecule has 2 aromatic rings. The van der Waals surface area contributed by atoms with Gasteiger partial charge in [0, 0.05) is 38.1 Å². The molecule has 4 rings (SSSR count). The van der Waals surface area contributed by atoms with Crippen LogP contribution in [-0.2, 0) is 24.3 Å². The standard InChI is InChI=1S/C22H22BrN3O5S2/c1-2-31-22(28)20-19(17-10-12(23)11-32-17)18-15(4-3-5-16(18)27)26(21(20)24)13-6-8-14(9-7-13)33(25,29)30/h6-11,19H,2-5,24H2,1H3,(H2,25,29,30)/t19-/m0/s1. The highest BCUT2D eigenvalue weighted by molar-refractivity contribution is 9.10. The van der Waals surface area contributed by atoms with Crippen LogP contribution in [0.25, 0.3) is 0 Å². The van der Waals surface area contributed by atoms with Crippen molar-refractivity contribution < 1.29 is 22.7 Å². The van der Waals surface area contributed by atoms with Crippen LogP contribution in [0.1, 0.15) is 37.0 Å². The predicted molar refractivity (Wildman–Crippen MR) is 129 cm³/mol. The van der Waals surface area contributed by atoms with Gasteiger partial charge >= 0.3 is 5.97 Å². The molecular weight excluding hydrogens is 530 g/mol. The van der Waals surface area contributed by atoms with Gasteiger partial charge in [-0.3, -0.25) is 9.69 Å². The third-order valence-electron chi connectivity index (χ3n) is 5.58. The first-order valence-corrected chi connectivity index (χ1v) is 13.4. The zero-order valence-electron chi connectivity index (χ0n) is 17.7. The van der Waals surface area contributed by atoms with E-state index in [1.807, 2.05) is 11.4 Å². The molecule has 0 amide bonds. The third kappa shape index (κ3) is 4.37. The van der Waals surface area contributed by atoms with Crippen LogP contribution in [0, 0.1) is 0 Å². The zero-order valence-corrected chi connectivity index (χ0v) is 20.9. The maximum atomic E-state index is 13.2. The van der Waals surface area contributed by atoms with Crippen molar-refractivity contribution in [2.45, 2.75) is 37.0 Å². The van der Waals surface area contributed by atoms with Gasteiger partial charge in [-0.2, -0.15) is 0 Å². The highest BCUT2D eigenvalue weighted by Crippen LogP contribution is 2.48. The number of ether oxygens (including phenoxy) is 1. The number of benzene rings is 1. The number of anilines is 1. The molecule has 8 nitrogen and oxygen atoms in total. The normalized spacial score (nSPS) is 19.1. The number of halogens is 1. The van der Waals surface area contributed by atoms with Gasteiger partial charge in [-0.15, -0.1) is 11.3 Å².